The van der Waals surface area contributed by atoms with Gasteiger partial charge < -0.3 is 10.2 Å². The molecule has 0 saturated carbocycles. The van der Waals surface area contributed by atoms with Crippen LogP contribution in [0.4, 0.5) is 11.4 Å². The third kappa shape index (κ3) is 3.88. The number of carbonyl (C=O) groups excluding carboxylic acids is 1. The van der Waals surface area contributed by atoms with E-state index in [4.69, 9.17) is 11.6 Å². The van der Waals surface area contributed by atoms with E-state index in [0.717, 1.165) is 19.3 Å². The fourth-order valence-electron chi connectivity index (χ4n) is 2.71. The Bertz CT molecular complexity index is 565. The summed E-state index contributed by atoms with van der Waals surface area (Å²) in [4.78, 5) is 24.8. The van der Waals surface area contributed by atoms with Crippen LogP contribution < -0.4 is 10.2 Å². The summed E-state index contributed by atoms with van der Waals surface area (Å²) in [6.45, 7) is 3.87. The molecule has 1 aliphatic rings. The smallest absolute Gasteiger partial charge is 0.294 e. The van der Waals surface area contributed by atoms with Crippen molar-refractivity contribution in [1.29, 1.82) is 0 Å². The van der Waals surface area contributed by atoms with Gasteiger partial charge >= 0.3 is 0 Å². The van der Waals surface area contributed by atoms with Gasteiger partial charge in [0, 0.05) is 30.7 Å². The van der Waals surface area contributed by atoms with Crippen molar-refractivity contribution in [2.75, 3.05) is 24.5 Å². The molecular weight excluding hydrogens is 306 g/mol. The summed E-state index contributed by atoms with van der Waals surface area (Å²) in [5.74, 6) is -0.0984. The minimum Gasteiger partial charge on any atom is -0.365 e. The molecule has 1 amide bonds. The predicted octanol–water partition coefficient (Wildman–Crippen LogP) is 2.99. The van der Waals surface area contributed by atoms with Crippen LogP contribution >= 0.6 is 11.6 Å². The second-order valence-electron chi connectivity index (χ2n) is 5.47. The third-order valence-electron chi connectivity index (χ3n) is 3.82. The maximum atomic E-state index is 12.1. The maximum absolute atomic E-state index is 12.1. The Hall–Kier alpha value is -1.82. The van der Waals surface area contributed by atoms with Crippen LogP contribution in [-0.2, 0) is 4.79 Å². The number of hydrogen-bond donors (Lipinski definition) is 1. The van der Waals surface area contributed by atoms with Crippen LogP contribution in [0.1, 0.15) is 26.2 Å². The molecule has 1 heterocycles. The van der Waals surface area contributed by atoms with Crippen LogP contribution in [0.25, 0.3) is 0 Å². The first-order chi connectivity index (χ1) is 10.5. The van der Waals surface area contributed by atoms with Crippen molar-refractivity contribution in [3.8, 4) is 0 Å². The highest BCUT2D eigenvalue weighted by molar-refractivity contribution is 6.30. The zero-order valence-corrected chi connectivity index (χ0v) is 13.3. The van der Waals surface area contributed by atoms with Crippen molar-refractivity contribution in [2.45, 2.75) is 26.2 Å². The molecule has 1 N–H and O–H groups in total. The number of nitrogens with one attached hydrogen (secondary N) is 1. The standard InChI is InChI=1S/C15H20ClN3O3/c1-2-7-17-15(20)11-4-3-8-18(10-11)13-6-5-12(16)9-14(13)19(21)22/h5-6,9,11H,2-4,7-8,10H2,1H3,(H,17,20). The number of benzene rings is 1. The van der Waals surface area contributed by atoms with Crippen LogP contribution in [0.3, 0.4) is 0 Å². The number of nitro benzene ring substituents is 1. The predicted molar refractivity (Wildman–Crippen MR) is 86.3 cm³/mol. The molecule has 2 rings (SSSR count). The number of amides is 1. The number of carbonyl (C=O) groups is 1. The van der Waals surface area contributed by atoms with Crippen LogP contribution in [0, 0.1) is 16.0 Å². The van der Waals surface area contributed by atoms with Gasteiger partial charge in [-0.1, -0.05) is 18.5 Å². The largest absolute Gasteiger partial charge is 0.365 e. The second-order valence-corrected chi connectivity index (χ2v) is 5.90. The van der Waals surface area contributed by atoms with Crippen LogP contribution in [0.2, 0.25) is 5.02 Å². The molecule has 1 aromatic carbocycles. The Morgan fingerprint density at radius 1 is 1.55 bits per heavy atom. The number of piperidine rings is 1. The lowest BCUT2D eigenvalue weighted by Crippen LogP contribution is -2.43. The van der Waals surface area contributed by atoms with E-state index in [0.29, 0.717) is 30.3 Å². The molecule has 0 spiro atoms. The summed E-state index contributed by atoms with van der Waals surface area (Å²) in [6, 6.07) is 4.66. The molecule has 0 radical (unpaired) electrons. The number of nitro groups is 1. The average Bonchev–Trinajstić information content (AvgIpc) is 2.52. The highest BCUT2D eigenvalue weighted by Crippen LogP contribution is 2.33. The fraction of sp³-hybridized carbons (Fsp3) is 0.533. The molecule has 7 heteroatoms. The lowest BCUT2D eigenvalue weighted by Gasteiger charge is -2.33. The SMILES string of the molecule is CCCNC(=O)C1CCCN(c2ccc(Cl)cc2[N+](=O)[O-])C1. The monoisotopic (exact) mass is 325 g/mol. The van der Waals surface area contributed by atoms with Gasteiger partial charge in [0.05, 0.1) is 10.8 Å². The molecule has 120 valence electrons. The number of halogens is 1. The van der Waals surface area contributed by atoms with Crippen LogP contribution in [-0.4, -0.2) is 30.5 Å². The number of rotatable bonds is 5. The lowest BCUT2D eigenvalue weighted by molar-refractivity contribution is -0.384. The summed E-state index contributed by atoms with van der Waals surface area (Å²) in [5, 5.41) is 14.5. The van der Waals surface area contributed by atoms with Crippen molar-refractivity contribution in [2.24, 2.45) is 5.92 Å². The van der Waals surface area contributed by atoms with E-state index < -0.39 is 4.92 Å². The number of hydrogen-bond acceptors (Lipinski definition) is 4. The molecule has 1 saturated heterocycles. The molecule has 0 bridgehead atoms. The lowest BCUT2D eigenvalue weighted by atomic mass is 9.96. The molecule has 1 unspecified atom stereocenters. The van der Waals surface area contributed by atoms with Gasteiger partial charge in [-0.25, -0.2) is 0 Å². The Morgan fingerprint density at radius 3 is 3.00 bits per heavy atom. The molecule has 1 aromatic rings. The minimum atomic E-state index is -0.429. The fourth-order valence-corrected chi connectivity index (χ4v) is 2.88. The highest BCUT2D eigenvalue weighted by atomic mass is 35.5. The normalized spacial score (nSPS) is 18.1. The Kier molecular flexibility index (Phi) is 5.60. The molecule has 0 aromatic heterocycles. The minimum absolute atomic E-state index is 0.0119. The average molecular weight is 326 g/mol. The first-order valence-electron chi connectivity index (χ1n) is 7.49. The first-order valence-corrected chi connectivity index (χ1v) is 7.87. The molecule has 6 nitrogen and oxygen atoms in total. The molecule has 22 heavy (non-hydrogen) atoms. The van der Waals surface area contributed by atoms with Gasteiger partial charge in [-0.2, -0.15) is 0 Å². The van der Waals surface area contributed by atoms with Gasteiger partial charge in [-0.05, 0) is 31.4 Å². The Labute approximate surface area is 134 Å². The zero-order valence-electron chi connectivity index (χ0n) is 12.5. The summed E-state index contributed by atoms with van der Waals surface area (Å²) in [6.07, 6.45) is 2.54. The van der Waals surface area contributed by atoms with E-state index in [1.54, 1.807) is 12.1 Å². The first kappa shape index (κ1) is 16.5. The molecular formula is C15H20ClN3O3. The van der Waals surface area contributed by atoms with Gasteiger partial charge in [0.15, 0.2) is 0 Å². The molecule has 1 aliphatic heterocycles. The van der Waals surface area contributed by atoms with E-state index >= 15 is 0 Å². The third-order valence-corrected chi connectivity index (χ3v) is 4.05. The summed E-state index contributed by atoms with van der Waals surface area (Å²) in [7, 11) is 0. The van der Waals surface area contributed by atoms with Gasteiger partial charge in [0.1, 0.15) is 5.69 Å². The van der Waals surface area contributed by atoms with E-state index in [-0.39, 0.29) is 17.5 Å². The quantitative estimate of drug-likeness (QED) is 0.667. The van der Waals surface area contributed by atoms with Crippen molar-refractivity contribution < 1.29 is 9.72 Å². The van der Waals surface area contributed by atoms with E-state index in [9.17, 15) is 14.9 Å². The van der Waals surface area contributed by atoms with Gasteiger partial charge in [0.25, 0.3) is 5.69 Å². The molecule has 1 fully saturated rings. The maximum Gasteiger partial charge on any atom is 0.294 e. The zero-order chi connectivity index (χ0) is 16.1. The van der Waals surface area contributed by atoms with Gasteiger partial charge in [-0.3, -0.25) is 14.9 Å². The van der Waals surface area contributed by atoms with E-state index in [1.165, 1.54) is 6.07 Å². The number of nitrogens with zero attached hydrogens (tertiary/aromatic N) is 2. The van der Waals surface area contributed by atoms with E-state index in [1.807, 2.05) is 11.8 Å². The summed E-state index contributed by atoms with van der Waals surface area (Å²) < 4.78 is 0. The van der Waals surface area contributed by atoms with Gasteiger partial charge in [0.2, 0.25) is 5.91 Å². The Morgan fingerprint density at radius 2 is 2.32 bits per heavy atom. The molecule has 1 atom stereocenters. The van der Waals surface area contributed by atoms with Crippen molar-refractivity contribution in [3.05, 3.63) is 33.3 Å². The molecule has 0 aliphatic carbocycles. The summed E-state index contributed by atoms with van der Waals surface area (Å²) in [5.41, 5.74) is 0.518. The van der Waals surface area contributed by atoms with Crippen LogP contribution in [0.15, 0.2) is 18.2 Å². The van der Waals surface area contributed by atoms with Crippen molar-refractivity contribution >= 4 is 28.9 Å². The number of anilines is 1. The topological polar surface area (TPSA) is 75.5 Å². The van der Waals surface area contributed by atoms with Crippen molar-refractivity contribution in [1.82, 2.24) is 5.32 Å². The van der Waals surface area contributed by atoms with E-state index in [2.05, 4.69) is 5.32 Å². The highest BCUT2D eigenvalue weighted by Gasteiger charge is 2.29. The second kappa shape index (κ2) is 7.45. The van der Waals surface area contributed by atoms with Crippen molar-refractivity contribution in [3.63, 3.8) is 0 Å². The van der Waals surface area contributed by atoms with Crippen LogP contribution in [0.5, 0.6) is 0 Å². The Balaban J connectivity index is 2.16. The van der Waals surface area contributed by atoms with Gasteiger partial charge in [-0.15, -0.1) is 0 Å². The summed E-state index contributed by atoms with van der Waals surface area (Å²) >= 11 is 5.85.